The van der Waals surface area contributed by atoms with E-state index in [4.69, 9.17) is 5.73 Å². The Morgan fingerprint density at radius 1 is 1.14 bits per heavy atom. The Labute approximate surface area is 125 Å². The van der Waals surface area contributed by atoms with Gasteiger partial charge in [-0.3, -0.25) is 9.59 Å². The van der Waals surface area contributed by atoms with E-state index in [1.54, 1.807) is 12.1 Å². The largest absolute Gasteiger partial charge is 0.354 e. The smallest absolute Gasteiger partial charge is 0.251 e. The molecule has 1 aromatic rings. The van der Waals surface area contributed by atoms with Crippen LogP contribution in [-0.4, -0.2) is 30.9 Å². The molecule has 0 heterocycles. The average Bonchev–Trinajstić information content (AvgIpc) is 2.90. The molecule has 1 fully saturated rings. The molecule has 1 aliphatic carbocycles. The average molecular weight is 289 g/mol. The normalized spacial score (nSPS) is 21.0. The summed E-state index contributed by atoms with van der Waals surface area (Å²) in [6.45, 7) is 2.82. The zero-order valence-electron chi connectivity index (χ0n) is 12.4. The molecule has 114 valence electrons. The lowest BCUT2D eigenvalue weighted by molar-refractivity contribution is -0.125. The van der Waals surface area contributed by atoms with Gasteiger partial charge in [-0.05, 0) is 31.9 Å². The summed E-state index contributed by atoms with van der Waals surface area (Å²) in [7, 11) is 0. The van der Waals surface area contributed by atoms with Gasteiger partial charge in [0.05, 0.1) is 5.92 Å². The summed E-state index contributed by atoms with van der Waals surface area (Å²) in [4.78, 5) is 23.8. The number of hydrogen-bond donors (Lipinski definition) is 3. The molecular formula is C16H23N3O2. The lowest BCUT2D eigenvalue weighted by atomic mass is 10.0. The van der Waals surface area contributed by atoms with Crippen LogP contribution in [0.2, 0.25) is 0 Å². The maximum atomic E-state index is 11.9. The highest BCUT2D eigenvalue weighted by Crippen LogP contribution is 2.23. The van der Waals surface area contributed by atoms with Crippen molar-refractivity contribution in [1.29, 1.82) is 0 Å². The zero-order valence-corrected chi connectivity index (χ0v) is 12.4. The number of rotatable bonds is 5. The SMILES string of the molecule is Cc1ccc(C(=O)NCCNC(=O)C2CCCC2N)cc1. The van der Waals surface area contributed by atoms with Crippen LogP contribution in [0.1, 0.15) is 35.2 Å². The highest BCUT2D eigenvalue weighted by atomic mass is 16.2. The Morgan fingerprint density at radius 3 is 2.43 bits per heavy atom. The zero-order chi connectivity index (χ0) is 15.2. The van der Waals surface area contributed by atoms with E-state index >= 15 is 0 Å². The molecule has 4 N–H and O–H groups in total. The number of aryl methyl sites for hydroxylation is 1. The minimum Gasteiger partial charge on any atom is -0.354 e. The van der Waals surface area contributed by atoms with Crippen molar-refractivity contribution in [1.82, 2.24) is 10.6 Å². The molecule has 1 saturated carbocycles. The molecule has 5 heteroatoms. The van der Waals surface area contributed by atoms with E-state index in [1.807, 2.05) is 19.1 Å². The van der Waals surface area contributed by atoms with E-state index in [2.05, 4.69) is 10.6 Å². The fraction of sp³-hybridized carbons (Fsp3) is 0.500. The maximum absolute atomic E-state index is 11.9. The Balaban J connectivity index is 1.68. The van der Waals surface area contributed by atoms with E-state index in [9.17, 15) is 9.59 Å². The van der Waals surface area contributed by atoms with Gasteiger partial charge in [-0.15, -0.1) is 0 Å². The summed E-state index contributed by atoms with van der Waals surface area (Å²) >= 11 is 0. The van der Waals surface area contributed by atoms with E-state index in [0.717, 1.165) is 24.8 Å². The van der Waals surface area contributed by atoms with Gasteiger partial charge in [0.2, 0.25) is 5.91 Å². The van der Waals surface area contributed by atoms with Crippen molar-refractivity contribution in [3.63, 3.8) is 0 Å². The third-order valence-corrected chi connectivity index (χ3v) is 3.93. The molecule has 5 nitrogen and oxygen atoms in total. The molecule has 1 aromatic carbocycles. The van der Waals surface area contributed by atoms with Crippen LogP contribution in [0.5, 0.6) is 0 Å². The molecule has 2 amide bonds. The van der Waals surface area contributed by atoms with Crippen molar-refractivity contribution >= 4 is 11.8 Å². The van der Waals surface area contributed by atoms with Gasteiger partial charge in [-0.1, -0.05) is 24.1 Å². The van der Waals surface area contributed by atoms with Gasteiger partial charge in [0.1, 0.15) is 0 Å². The first-order chi connectivity index (χ1) is 10.1. The van der Waals surface area contributed by atoms with Crippen molar-refractivity contribution < 1.29 is 9.59 Å². The van der Waals surface area contributed by atoms with Crippen LogP contribution >= 0.6 is 0 Å². The predicted molar refractivity (Wildman–Crippen MR) is 81.8 cm³/mol. The molecule has 1 aliphatic rings. The number of carbonyl (C=O) groups excluding carboxylic acids is 2. The van der Waals surface area contributed by atoms with Crippen molar-refractivity contribution in [3.8, 4) is 0 Å². The fourth-order valence-corrected chi connectivity index (χ4v) is 2.61. The second-order valence-electron chi connectivity index (χ2n) is 5.61. The number of amides is 2. The van der Waals surface area contributed by atoms with E-state index < -0.39 is 0 Å². The molecule has 0 saturated heterocycles. The van der Waals surface area contributed by atoms with Gasteiger partial charge in [0.25, 0.3) is 5.91 Å². The molecule has 0 bridgehead atoms. The first kappa shape index (κ1) is 15.5. The Morgan fingerprint density at radius 2 is 1.81 bits per heavy atom. The summed E-state index contributed by atoms with van der Waals surface area (Å²) < 4.78 is 0. The monoisotopic (exact) mass is 289 g/mol. The van der Waals surface area contributed by atoms with Crippen molar-refractivity contribution in [2.24, 2.45) is 11.7 Å². The number of nitrogens with two attached hydrogens (primary N) is 1. The first-order valence-electron chi connectivity index (χ1n) is 7.46. The number of carbonyl (C=O) groups is 2. The molecule has 0 aromatic heterocycles. The highest BCUT2D eigenvalue weighted by Gasteiger charge is 2.29. The molecule has 0 radical (unpaired) electrons. The fourth-order valence-electron chi connectivity index (χ4n) is 2.61. The quantitative estimate of drug-likeness (QED) is 0.706. The molecule has 2 atom stereocenters. The molecule has 0 aliphatic heterocycles. The third kappa shape index (κ3) is 4.29. The summed E-state index contributed by atoms with van der Waals surface area (Å²) in [5.41, 5.74) is 7.64. The molecule has 2 rings (SSSR count). The van der Waals surface area contributed by atoms with Crippen LogP contribution in [0.25, 0.3) is 0 Å². The molecule has 2 unspecified atom stereocenters. The summed E-state index contributed by atoms with van der Waals surface area (Å²) in [6.07, 6.45) is 2.80. The second kappa shape index (κ2) is 7.22. The topological polar surface area (TPSA) is 84.2 Å². The van der Waals surface area contributed by atoms with Crippen LogP contribution in [0, 0.1) is 12.8 Å². The van der Waals surface area contributed by atoms with Gasteiger partial charge in [-0.2, -0.15) is 0 Å². The third-order valence-electron chi connectivity index (χ3n) is 3.93. The Hall–Kier alpha value is -1.88. The molecule has 0 spiro atoms. The van der Waals surface area contributed by atoms with E-state index in [0.29, 0.717) is 18.7 Å². The van der Waals surface area contributed by atoms with Crippen molar-refractivity contribution in [3.05, 3.63) is 35.4 Å². The van der Waals surface area contributed by atoms with Gasteiger partial charge >= 0.3 is 0 Å². The Bertz CT molecular complexity index is 499. The summed E-state index contributed by atoms with van der Waals surface area (Å²) in [6, 6.07) is 7.37. The van der Waals surface area contributed by atoms with Crippen LogP contribution in [0.3, 0.4) is 0 Å². The van der Waals surface area contributed by atoms with Gasteiger partial charge in [0, 0.05) is 24.7 Å². The van der Waals surface area contributed by atoms with Crippen molar-refractivity contribution in [2.75, 3.05) is 13.1 Å². The number of nitrogens with one attached hydrogen (secondary N) is 2. The van der Waals surface area contributed by atoms with Crippen LogP contribution < -0.4 is 16.4 Å². The lowest BCUT2D eigenvalue weighted by Gasteiger charge is -2.15. The van der Waals surface area contributed by atoms with Crippen LogP contribution in [0.4, 0.5) is 0 Å². The summed E-state index contributed by atoms with van der Waals surface area (Å²) in [5.74, 6) is -0.191. The predicted octanol–water partition coefficient (Wildman–Crippen LogP) is 0.968. The second-order valence-corrected chi connectivity index (χ2v) is 5.61. The first-order valence-corrected chi connectivity index (χ1v) is 7.46. The van der Waals surface area contributed by atoms with E-state index in [-0.39, 0.29) is 23.8 Å². The van der Waals surface area contributed by atoms with Crippen LogP contribution in [0.15, 0.2) is 24.3 Å². The van der Waals surface area contributed by atoms with Gasteiger partial charge in [-0.25, -0.2) is 0 Å². The molecule has 21 heavy (non-hydrogen) atoms. The van der Waals surface area contributed by atoms with Gasteiger partial charge in [0.15, 0.2) is 0 Å². The lowest BCUT2D eigenvalue weighted by Crippen LogP contribution is -2.41. The van der Waals surface area contributed by atoms with Crippen LogP contribution in [-0.2, 0) is 4.79 Å². The van der Waals surface area contributed by atoms with E-state index in [1.165, 1.54) is 0 Å². The summed E-state index contributed by atoms with van der Waals surface area (Å²) in [5, 5.41) is 5.63. The minimum atomic E-state index is -0.123. The minimum absolute atomic E-state index is 0.00425. The van der Waals surface area contributed by atoms with Crippen molar-refractivity contribution in [2.45, 2.75) is 32.2 Å². The maximum Gasteiger partial charge on any atom is 0.251 e. The standard InChI is InChI=1S/C16H23N3O2/c1-11-5-7-12(8-6-11)15(20)18-9-10-19-16(21)13-3-2-4-14(13)17/h5-8,13-14H,2-4,9-10,17H2,1H3,(H,18,20)(H,19,21). The van der Waals surface area contributed by atoms with Gasteiger partial charge < -0.3 is 16.4 Å². The number of hydrogen-bond acceptors (Lipinski definition) is 3. The Kier molecular flexibility index (Phi) is 5.33. The molecular weight excluding hydrogens is 266 g/mol. The highest BCUT2D eigenvalue weighted by molar-refractivity contribution is 5.94. The number of benzene rings is 1.